The second-order valence-corrected chi connectivity index (χ2v) is 6.72. The summed E-state index contributed by atoms with van der Waals surface area (Å²) in [5, 5.41) is 6.47. The first kappa shape index (κ1) is 17.6. The van der Waals surface area contributed by atoms with Crippen LogP contribution < -0.4 is 15.4 Å². The summed E-state index contributed by atoms with van der Waals surface area (Å²) < 4.78 is 5.22. The van der Waals surface area contributed by atoms with Crippen LogP contribution in [0.4, 0.5) is 11.4 Å². The molecule has 2 aromatic carbocycles. The van der Waals surface area contributed by atoms with Gasteiger partial charge in [-0.05, 0) is 49.2 Å². The smallest absolute Gasteiger partial charge is 0.240 e. The zero-order chi connectivity index (χ0) is 18.0. The fraction of sp³-hybridized carbons (Fsp3) is 0.222. The van der Waals surface area contributed by atoms with E-state index in [-0.39, 0.29) is 11.8 Å². The molecule has 0 radical (unpaired) electrons. The first-order valence-electron chi connectivity index (χ1n) is 7.67. The molecule has 2 aromatic rings. The Morgan fingerprint density at radius 1 is 1.00 bits per heavy atom. The molecule has 5 nitrogen and oxygen atoms in total. The van der Waals surface area contributed by atoms with Gasteiger partial charge in [-0.3, -0.25) is 9.59 Å². The molecule has 1 aliphatic carbocycles. The molecule has 1 fully saturated rings. The molecule has 1 saturated carbocycles. The Bertz CT molecular complexity index is 835. The molecule has 7 heteroatoms. The van der Waals surface area contributed by atoms with E-state index in [1.54, 1.807) is 42.5 Å². The maximum atomic E-state index is 12.7. The number of carbonyl (C=O) groups excluding carboxylic acids is 2. The average Bonchev–Trinajstić information content (AvgIpc) is 3.37. The minimum atomic E-state index is -1.09. The molecular formula is C18H16Cl2N2O3. The lowest BCUT2D eigenvalue weighted by molar-refractivity contribution is -0.131. The minimum absolute atomic E-state index is 0.353. The number of rotatable bonds is 5. The van der Waals surface area contributed by atoms with Crippen LogP contribution in [-0.2, 0) is 9.59 Å². The van der Waals surface area contributed by atoms with Crippen molar-refractivity contribution in [3.63, 3.8) is 0 Å². The van der Waals surface area contributed by atoms with Crippen LogP contribution in [-0.4, -0.2) is 18.9 Å². The summed E-state index contributed by atoms with van der Waals surface area (Å²) >= 11 is 11.9. The zero-order valence-electron chi connectivity index (χ0n) is 13.4. The standard InChI is InChI=1S/C18H16Cl2N2O3/c1-25-15-6-5-12(20)10-14(15)22-17(24)18(7-8-18)16(23)21-13-4-2-3-11(19)9-13/h2-6,9-10H,7-8H2,1H3,(H,21,23)(H,22,24). The Labute approximate surface area is 155 Å². The summed E-state index contributed by atoms with van der Waals surface area (Å²) in [6.07, 6.45) is 0.961. The van der Waals surface area contributed by atoms with E-state index in [4.69, 9.17) is 27.9 Å². The Balaban J connectivity index is 1.75. The molecule has 0 atom stereocenters. The van der Waals surface area contributed by atoms with Gasteiger partial charge in [0.05, 0.1) is 12.8 Å². The lowest BCUT2D eigenvalue weighted by Crippen LogP contribution is -2.35. The Morgan fingerprint density at radius 2 is 1.68 bits per heavy atom. The quantitative estimate of drug-likeness (QED) is 0.759. The molecule has 0 heterocycles. The lowest BCUT2D eigenvalue weighted by atomic mass is 10.0. The summed E-state index contributed by atoms with van der Waals surface area (Å²) in [4.78, 5) is 25.3. The number of ether oxygens (including phenoxy) is 1. The summed E-state index contributed by atoms with van der Waals surface area (Å²) in [5.74, 6) is -0.260. The van der Waals surface area contributed by atoms with Crippen LogP contribution in [0.2, 0.25) is 10.0 Å². The Morgan fingerprint density at radius 3 is 2.32 bits per heavy atom. The van der Waals surface area contributed by atoms with Crippen LogP contribution in [0, 0.1) is 5.41 Å². The van der Waals surface area contributed by atoms with Crippen molar-refractivity contribution in [2.45, 2.75) is 12.8 Å². The van der Waals surface area contributed by atoms with E-state index < -0.39 is 5.41 Å². The SMILES string of the molecule is COc1ccc(Cl)cc1NC(=O)C1(C(=O)Nc2cccc(Cl)c2)CC1. The van der Waals surface area contributed by atoms with Crippen molar-refractivity contribution in [1.29, 1.82) is 0 Å². The van der Waals surface area contributed by atoms with Crippen LogP contribution in [0.25, 0.3) is 0 Å². The number of benzene rings is 2. The van der Waals surface area contributed by atoms with E-state index in [1.165, 1.54) is 7.11 Å². The second kappa shape index (κ2) is 6.94. The van der Waals surface area contributed by atoms with Crippen molar-refractivity contribution >= 4 is 46.4 Å². The summed E-state index contributed by atoms with van der Waals surface area (Å²) in [5.41, 5.74) is -0.103. The molecule has 0 spiro atoms. The molecule has 2 amide bonds. The molecule has 25 heavy (non-hydrogen) atoms. The predicted octanol–water partition coefficient (Wildman–Crippen LogP) is 4.36. The van der Waals surface area contributed by atoms with Crippen molar-refractivity contribution in [2.24, 2.45) is 5.41 Å². The summed E-state index contributed by atoms with van der Waals surface area (Å²) in [7, 11) is 1.50. The molecule has 130 valence electrons. The Hall–Kier alpha value is -2.24. The number of hydrogen-bond donors (Lipinski definition) is 2. The van der Waals surface area contributed by atoms with E-state index in [9.17, 15) is 9.59 Å². The summed E-state index contributed by atoms with van der Waals surface area (Å²) in [6.45, 7) is 0. The van der Waals surface area contributed by atoms with Crippen molar-refractivity contribution in [3.8, 4) is 5.75 Å². The maximum absolute atomic E-state index is 12.7. The normalized spacial score (nSPS) is 14.5. The third kappa shape index (κ3) is 3.72. The van der Waals surface area contributed by atoms with Gasteiger partial charge in [0.15, 0.2) is 0 Å². The summed E-state index contributed by atoms with van der Waals surface area (Å²) in [6, 6.07) is 11.7. The first-order chi connectivity index (χ1) is 11.9. The van der Waals surface area contributed by atoms with E-state index in [0.29, 0.717) is 40.0 Å². The van der Waals surface area contributed by atoms with E-state index in [2.05, 4.69) is 10.6 Å². The van der Waals surface area contributed by atoms with E-state index in [0.717, 1.165) is 0 Å². The average molecular weight is 379 g/mol. The first-order valence-corrected chi connectivity index (χ1v) is 8.42. The predicted molar refractivity (Wildman–Crippen MR) is 98.4 cm³/mol. The molecule has 0 aliphatic heterocycles. The number of hydrogen-bond acceptors (Lipinski definition) is 3. The fourth-order valence-corrected chi connectivity index (χ4v) is 2.88. The highest BCUT2D eigenvalue weighted by Gasteiger charge is 2.56. The van der Waals surface area contributed by atoms with Gasteiger partial charge in [-0.25, -0.2) is 0 Å². The van der Waals surface area contributed by atoms with Crippen molar-refractivity contribution < 1.29 is 14.3 Å². The van der Waals surface area contributed by atoms with Crippen molar-refractivity contribution in [3.05, 3.63) is 52.5 Å². The van der Waals surface area contributed by atoms with Crippen LogP contribution in [0.5, 0.6) is 5.75 Å². The molecule has 0 saturated heterocycles. The van der Waals surface area contributed by atoms with Gasteiger partial charge in [-0.1, -0.05) is 29.3 Å². The molecule has 2 N–H and O–H groups in total. The van der Waals surface area contributed by atoms with Crippen LogP contribution in [0.3, 0.4) is 0 Å². The number of carbonyl (C=O) groups is 2. The van der Waals surface area contributed by atoms with Gasteiger partial charge in [0, 0.05) is 15.7 Å². The molecule has 3 rings (SSSR count). The van der Waals surface area contributed by atoms with Crippen LogP contribution in [0.1, 0.15) is 12.8 Å². The van der Waals surface area contributed by atoms with Crippen LogP contribution in [0.15, 0.2) is 42.5 Å². The third-order valence-corrected chi connectivity index (χ3v) is 4.58. The minimum Gasteiger partial charge on any atom is -0.495 e. The van der Waals surface area contributed by atoms with Gasteiger partial charge in [0.25, 0.3) is 0 Å². The maximum Gasteiger partial charge on any atom is 0.240 e. The lowest BCUT2D eigenvalue weighted by Gasteiger charge is -2.17. The second-order valence-electron chi connectivity index (χ2n) is 5.85. The van der Waals surface area contributed by atoms with E-state index >= 15 is 0 Å². The largest absolute Gasteiger partial charge is 0.495 e. The van der Waals surface area contributed by atoms with Gasteiger partial charge < -0.3 is 15.4 Å². The Kier molecular flexibility index (Phi) is 4.88. The molecule has 0 unspecified atom stereocenters. The molecule has 0 bridgehead atoms. The number of anilines is 2. The number of halogens is 2. The van der Waals surface area contributed by atoms with Gasteiger partial charge in [-0.2, -0.15) is 0 Å². The molecule has 0 aromatic heterocycles. The number of nitrogens with one attached hydrogen (secondary N) is 2. The third-order valence-electron chi connectivity index (χ3n) is 4.11. The number of methoxy groups -OCH3 is 1. The molecular weight excluding hydrogens is 363 g/mol. The fourth-order valence-electron chi connectivity index (χ4n) is 2.52. The van der Waals surface area contributed by atoms with Gasteiger partial charge in [0.1, 0.15) is 11.2 Å². The van der Waals surface area contributed by atoms with Gasteiger partial charge in [-0.15, -0.1) is 0 Å². The zero-order valence-corrected chi connectivity index (χ0v) is 14.9. The van der Waals surface area contributed by atoms with Gasteiger partial charge >= 0.3 is 0 Å². The highest BCUT2D eigenvalue weighted by atomic mass is 35.5. The van der Waals surface area contributed by atoms with E-state index in [1.807, 2.05) is 0 Å². The van der Waals surface area contributed by atoms with Crippen molar-refractivity contribution in [2.75, 3.05) is 17.7 Å². The number of amides is 2. The monoisotopic (exact) mass is 378 g/mol. The highest BCUT2D eigenvalue weighted by Crippen LogP contribution is 2.48. The topological polar surface area (TPSA) is 67.4 Å². The highest BCUT2D eigenvalue weighted by molar-refractivity contribution is 6.31. The molecule has 1 aliphatic rings. The van der Waals surface area contributed by atoms with Gasteiger partial charge in [0.2, 0.25) is 11.8 Å². The van der Waals surface area contributed by atoms with Crippen LogP contribution >= 0.6 is 23.2 Å². The van der Waals surface area contributed by atoms with Crippen molar-refractivity contribution in [1.82, 2.24) is 0 Å².